The van der Waals surface area contributed by atoms with Gasteiger partial charge in [-0.25, -0.2) is 4.21 Å². The Morgan fingerprint density at radius 1 is 1.21 bits per heavy atom. The van der Waals surface area contributed by atoms with Crippen molar-refractivity contribution in [3.63, 3.8) is 0 Å². The van der Waals surface area contributed by atoms with Crippen molar-refractivity contribution in [2.75, 3.05) is 13.2 Å². The molecule has 0 aliphatic rings. The predicted octanol–water partition coefficient (Wildman–Crippen LogP) is 0.0411. The second-order valence-electron chi connectivity index (χ2n) is 2.06. The molecule has 0 aliphatic carbocycles. The molecule has 8 heteroatoms. The molecule has 0 saturated heterocycles. The van der Waals surface area contributed by atoms with Crippen LogP contribution < -0.4 is 0 Å². The lowest BCUT2D eigenvalue weighted by molar-refractivity contribution is 0.276. The zero-order valence-corrected chi connectivity index (χ0v) is 9.04. The first-order valence-corrected chi connectivity index (χ1v) is 7.04. The maximum absolute atomic E-state index is 11.4. The first-order valence-electron chi connectivity index (χ1n) is 3.46. The van der Waals surface area contributed by atoms with Crippen LogP contribution in [0.25, 0.3) is 0 Å². The maximum Gasteiger partial charge on any atom is 0.366 e. The second-order valence-corrected chi connectivity index (χ2v) is 7.10. The van der Waals surface area contributed by atoms with Gasteiger partial charge in [0.2, 0.25) is 0 Å². The van der Waals surface area contributed by atoms with Crippen molar-refractivity contribution in [2.24, 2.45) is 0 Å². The van der Waals surface area contributed by atoms with Crippen LogP contribution in [0.2, 0.25) is 0 Å². The topological polar surface area (TPSA) is 89.9 Å². The molecule has 14 heavy (non-hydrogen) atoms. The van der Waals surface area contributed by atoms with E-state index in [0.717, 1.165) is 0 Å². The van der Waals surface area contributed by atoms with E-state index in [2.05, 4.69) is 21.5 Å². The molecule has 1 N–H and O–H groups in total. The molecule has 0 amide bonds. The van der Waals surface area contributed by atoms with Gasteiger partial charge in [0.15, 0.2) is 9.53 Å². The fourth-order valence-corrected chi connectivity index (χ4v) is 2.54. The summed E-state index contributed by atoms with van der Waals surface area (Å²) in [6.07, 6.45) is 2.35. The van der Waals surface area contributed by atoms with Gasteiger partial charge in [-0.15, -0.1) is 13.2 Å². The Balaban J connectivity index is 4.76. The Kier molecular flexibility index (Phi) is 5.16. The van der Waals surface area contributed by atoms with Gasteiger partial charge >= 0.3 is 9.15 Å². The minimum absolute atomic E-state index is 0.311. The number of hydrogen-bond acceptors (Lipinski definition) is 5. The van der Waals surface area contributed by atoms with E-state index < -0.39 is 18.7 Å². The monoisotopic (exact) mass is 244 g/mol. The smallest absolute Gasteiger partial charge is 0.277 e. The summed E-state index contributed by atoms with van der Waals surface area (Å²) in [7, 11) is -9.44. The Hall–Kier alpha value is -0.540. The number of thiol groups is 1. The van der Waals surface area contributed by atoms with Crippen molar-refractivity contribution in [1.29, 1.82) is 0 Å². The molecule has 0 saturated carbocycles. The molecule has 0 spiro atoms. The Bertz CT molecular complexity index is 327. The molecule has 0 fully saturated rings. The van der Waals surface area contributed by atoms with Crippen molar-refractivity contribution in [3.05, 3.63) is 25.3 Å². The molecular weight excluding hydrogens is 232 g/mol. The predicted molar refractivity (Wildman–Crippen MR) is 53.4 cm³/mol. The summed E-state index contributed by atoms with van der Waals surface area (Å²) in [5.41, 5.74) is 0. The molecule has 0 radical (unpaired) electrons. The molecule has 0 aliphatic heterocycles. The van der Waals surface area contributed by atoms with Gasteiger partial charge in [-0.3, -0.25) is 12.9 Å². The summed E-state index contributed by atoms with van der Waals surface area (Å²) in [5, 5.41) is 0. The van der Waals surface area contributed by atoms with Gasteiger partial charge in [-0.1, -0.05) is 12.2 Å². The Morgan fingerprint density at radius 2 is 1.57 bits per heavy atom. The van der Waals surface area contributed by atoms with Gasteiger partial charge in [-0.05, 0) is 0 Å². The van der Waals surface area contributed by atoms with Crippen LogP contribution in [0.5, 0.6) is 0 Å². The van der Waals surface area contributed by atoms with E-state index in [1.807, 2.05) is 0 Å². The van der Waals surface area contributed by atoms with Crippen LogP contribution in [0.1, 0.15) is 0 Å². The molecule has 0 atom stereocenters. The normalized spacial score (nSPS) is 13.5. The zero-order chi connectivity index (χ0) is 11.2. The molecule has 0 bridgehead atoms. The Labute approximate surface area is 83.2 Å². The molecule has 0 unspecified atom stereocenters. The fourth-order valence-electron chi connectivity index (χ4n) is 0.458. The first-order chi connectivity index (χ1) is 6.37. The van der Waals surface area contributed by atoms with Gasteiger partial charge < -0.3 is 0 Å². The third kappa shape index (κ3) is 3.68. The summed E-state index contributed by atoms with van der Waals surface area (Å²) in [4.78, 5) is 0. The van der Waals surface area contributed by atoms with Crippen molar-refractivity contribution < 1.29 is 25.5 Å². The molecule has 0 aromatic carbocycles. The fraction of sp³-hybridized carbons (Fsp3) is 0.333. The summed E-state index contributed by atoms with van der Waals surface area (Å²) in [5.74, 6) is 0. The minimum Gasteiger partial charge on any atom is -0.277 e. The van der Waals surface area contributed by atoms with Gasteiger partial charge in [0, 0.05) is 0 Å². The molecule has 84 valence electrons. The van der Waals surface area contributed by atoms with Crippen molar-refractivity contribution >= 4 is 18.7 Å². The second kappa shape index (κ2) is 5.37. The van der Waals surface area contributed by atoms with Crippen LogP contribution in [0.15, 0.2) is 25.3 Å². The van der Waals surface area contributed by atoms with Gasteiger partial charge in [0.1, 0.15) is 0 Å². The van der Waals surface area contributed by atoms with Gasteiger partial charge in [-0.2, -0.15) is 8.42 Å². The van der Waals surface area contributed by atoms with Crippen LogP contribution in [0, 0.1) is 0 Å². The third-order valence-electron chi connectivity index (χ3n) is 0.984. The number of rotatable bonds is 7. The maximum atomic E-state index is 11.4. The molecule has 0 rings (SSSR count). The quantitative estimate of drug-likeness (QED) is 0.284. The van der Waals surface area contributed by atoms with Crippen molar-refractivity contribution in [2.45, 2.75) is 0 Å². The lowest BCUT2D eigenvalue weighted by Gasteiger charge is -2.19. The third-order valence-corrected chi connectivity index (χ3v) is 4.81. The van der Waals surface area contributed by atoms with Gasteiger partial charge in [0.05, 0.1) is 13.2 Å². The van der Waals surface area contributed by atoms with E-state index in [-0.39, 0.29) is 13.2 Å². The van der Waals surface area contributed by atoms with E-state index in [1.54, 1.807) is 0 Å². The first kappa shape index (κ1) is 13.5. The highest BCUT2D eigenvalue weighted by molar-refractivity contribution is 8.66. The van der Waals surface area contributed by atoms with E-state index in [9.17, 15) is 12.6 Å². The lowest BCUT2D eigenvalue weighted by Crippen LogP contribution is -2.29. The summed E-state index contributed by atoms with van der Waals surface area (Å²) >= 11 is 0. The van der Waals surface area contributed by atoms with E-state index in [0.29, 0.717) is 0 Å². The average Bonchev–Trinajstić information content (AvgIpc) is 2.09. The SMILES string of the molecule is C=CCO[SH](=O)(OCC=C)S(=O)(=O)O. The zero-order valence-electron chi connectivity index (χ0n) is 7.33. The summed E-state index contributed by atoms with van der Waals surface area (Å²) < 4.78 is 50.0. The van der Waals surface area contributed by atoms with E-state index in [4.69, 9.17) is 4.55 Å². The van der Waals surface area contributed by atoms with Crippen molar-refractivity contribution in [3.8, 4) is 0 Å². The van der Waals surface area contributed by atoms with E-state index >= 15 is 0 Å². The number of hydrogen-bond donors (Lipinski definition) is 2. The van der Waals surface area contributed by atoms with Crippen LogP contribution in [0.3, 0.4) is 0 Å². The molecule has 0 aromatic heterocycles. The van der Waals surface area contributed by atoms with Crippen LogP contribution in [-0.2, 0) is 27.0 Å². The van der Waals surface area contributed by atoms with Gasteiger partial charge in [0.25, 0.3) is 0 Å². The highest BCUT2D eigenvalue weighted by atomic mass is 33.2. The molecule has 6 nitrogen and oxygen atoms in total. The minimum atomic E-state index is -4.89. The van der Waals surface area contributed by atoms with E-state index in [1.165, 1.54) is 12.2 Å². The highest BCUT2D eigenvalue weighted by Crippen LogP contribution is 2.16. The summed E-state index contributed by atoms with van der Waals surface area (Å²) in [6, 6.07) is 0. The standard InChI is InChI=1S/C6H12O6S2/c1-3-5-11-14(10,12-6-4-2)13(7,8)9/h3-4,14H,1-2,5-6H2,(H,7,8,9). The Morgan fingerprint density at radius 3 is 1.79 bits per heavy atom. The molecule has 0 heterocycles. The summed E-state index contributed by atoms with van der Waals surface area (Å²) in [6.45, 7) is 5.83. The average molecular weight is 244 g/mol. The highest BCUT2D eigenvalue weighted by Gasteiger charge is 2.29. The molecule has 0 aromatic rings. The lowest BCUT2D eigenvalue weighted by atomic mass is 10.7. The van der Waals surface area contributed by atoms with Crippen LogP contribution in [-0.4, -0.2) is 30.4 Å². The van der Waals surface area contributed by atoms with Crippen LogP contribution >= 0.6 is 0 Å². The largest absolute Gasteiger partial charge is 0.366 e. The van der Waals surface area contributed by atoms with Crippen LogP contribution in [0.4, 0.5) is 0 Å². The van der Waals surface area contributed by atoms with Crippen molar-refractivity contribution in [1.82, 2.24) is 0 Å². The molecular formula is C6H12O6S2.